The van der Waals surface area contributed by atoms with Crippen molar-refractivity contribution in [2.45, 2.75) is 123 Å². The molecule has 25 heteroatoms. The van der Waals surface area contributed by atoms with Crippen LogP contribution in [0.3, 0.4) is 0 Å². The lowest BCUT2D eigenvalue weighted by Gasteiger charge is -2.34. The van der Waals surface area contributed by atoms with Crippen molar-refractivity contribution in [1.82, 2.24) is 0 Å². The number of aryl methyl sites for hydroxylation is 2. The number of nitrogen functional groups attached to an aromatic ring is 1. The molecule has 0 spiro atoms. The second kappa shape index (κ2) is 26.4. The maximum Gasteiger partial charge on any atom is 0.524 e. The molecule has 2 saturated heterocycles. The zero-order chi connectivity index (χ0) is 46.9. The van der Waals surface area contributed by atoms with Crippen LogP contribution in [-0.4, -0.2) is 97.3 Å². The van der Waals surface area contributed by atoms with Crippen molar-refractivity contribution in [3.63, 3.8) is 0 Å². The number of rotatable bonds is 16. The summed E-state index contributed by atoms with van der Waals surface area (Å²) < 4.78 is 139. The number of nitro benzene ring substituents is 1. The first-order valence-corrected chi connectivity index (χ1v) is 24.7. The number of benzene rings is 2. The Hall–Kier alpha value is -3.56. The molecule has 4 rings (SSSR count). The molecule has 0 atom stereocenters. The van der Waals surface area contributed by atoms with Crippen molar-refractivity contribution in [2.24, 2.45) is 0 Å². The minimum Gasteiger partial charge on any atom is -0.418 e. The molecule has 2 aromatic carbocycles. The van der Waals surface area contributed by atoms with Crippen LogP contribution >= 0.6 is 0 Å². The number of hydrogen-bond acceptors (Lipinski definition) is 15. The summed E-state index contributed by atoms with van der Waals surface area (Å²) in [6.07, 6.45) is 4.14. The number of alkyl halides is 6. The lowest BCUT2D eigenvalue weighted by molar-refractivity contribution is -0.384. The average molecular weight is 975 g/mol. The minimum atomic E-state index is -6.85. The highest BCUT2D eigenvalue weighted by Crippen LogP contribution is 2.37. The number of halogens is 6. The molecule has 0 aliphatic carbocycles. The van der Waals surface area contributed by atoms with E-state index < -0.39 is 56.1 Å². The number of hydrogen-bond donors (Lipinski definition) is 1. The molecule has 0 bridgehead atoms. The van der Waals surface area contributed by atoms with E-state index in [2.05, 4.69) is 26.6 Å². The van der Waals surface area contributed by atoms with Gasteiger partial charge in [0, 0.05) is 37.3 Å². The Balaban J connectivity index is 0. The van der Waals surface area contributed by atoms with Gasteiger partial charge in [-0.05, 0) is 76.0 Å². The van der Waals surface area contributed by atoms with E-state index in [-0.39, 0.29) is 44.9 Å². The average Bonchev–Trinajstić information content (AvgIpc) is 3.77. The Labute approximate surface area is 366 Å². The molecule has 0 radical (unpaired) electrons. The first-order valence-electron chi connectivity index (χ1n) is 18.5. The van der Waals surface area contributed by atoms with Crippen LogP contribution in [0.25, 0.3) is 0 Å². The monoisotopic (exact) mass is 974 g/mol. The summed E-state index contributed by atoms with van der Waals surface area (Å²) in [5, 5.41) is 10.4. The largest absolute Gasteiger partial charge is 0.524 e. The molecule has 2 N–H and O–H groups in total. The molecule has 364 valence electrons. The number of ether oxygens (including phenoxy) is 4. The van der Waals surface area contributed by atoms with Gasteiger partial charge in [0.05, 0.1) is 44.2 Å². The summed E-state index contributed by atoms with van der Waals surface area (Å²) in [6, 6.07) is 14.0. The van der Waals surface area contributed by atoms with Gasteiger partial charge in [-0.1, -0.05) is 46.0 Å². The van der Waals surface area contributed by atoms with E-state index in [0.29, 0.717) is 39.3 Å². The number of nitrogens with zero attached hydrogens (tertiary/aromatic N) is 1. The fourth-order valence-electron chi connectivity index (χ4n) is 5.04. The number of anilines is 1. The summed E-state index contributed by atoms with van der Waals surface area (Å²) in [5.41, 5.74) is -3.91. The minimum absolute atomic E-state index is 0. The van der Waals surface area contributed by atoms with Crippen LogP contribution in [0.5, 0.6) is 0 Å². The third-order valence-corrected chi connectivity index (χ3v) is 11.5. The molecular weight excluding hydrogens is 915 g/mol. The normalized spacial score (nSPS) is 15.7. The molecular formula is C38H60F6N2O14S2Si. The number of nitrogens with two attached hydrogens (primary N) is 1. The number of carbonyl (C=O) groups is 2. The van der Waals surface area contributed by atoms with E-state index >= 15 is 0 Å². The molecule has 0 amide bonds. The highest BCUT2D eigenvalue weighted by atomic mass is 32.3. The molecule has 0 saturated carbocycles. The van der Waals surface area contributed by atoms with Crippen LogP contribution < -0.4 is 5.73 Å². The van der Waals surface area contributed by atoms with Gasteiger partial charge >= 0.3 is 31.3 Å². The van der Waals surface area contributed by atoms with Crippen LogP contribution in [0.4, 0.5) is 37.7 Å². The van der Waals surface area contributed by atoms with Gasteiger partial charge in [-0.15, -0.1) is 3.63 Å². The summed E-state index contributed by atoms with van der Waals surface area (Å²) in [5.74, 6) is -1.46. The maximum absolute atomic E-state index is 11.4. The van der Waals surface area contributed by atoms with Crippen LogP contribution in [0.2, 0.25) is 19.6 Å². The van der Waals surface area contributed by atoms with Crippen LogP contribution in [0, 0.1) is 10.1 Å². The fourth-order valence-corrected chi connectivity index (χ4v) is 7.41. The summed E-state index contributed by atoms with van der Waals surface area (Å²) in [4.78, 5) is 31.9. The van der Waals surface area contributed by atoms with Crippen LogP contribution in [-0.2, 0) is 69.7 Å². The smallest absolute Gasteiger partial charge is 0.418 e. The summed E-state index contributed by atoms with van der Waals surface area (Å²) >= 11 is 0. The molecule has 2 fully saturated rings. The second-order valence-corrected chi connectivity index (χ2v) is 22.3. The Morgan fingerprint density at radius 3 is 1.62 bits per heavy atom. The number of carbonyl (C=O) groups excluding carboxylic acids is 2. The zero-order valence-corrected chi connectivity index (χ0v) is 37.1. The number of non-ortho nitro benzene ring substituents is 1. The van der Waals surface area contributed by atoms with Gasteiger partial charge in [0.25, 0.3) is 5.69 Å². The summed E-state index contributed by atoms with van der Waals surface area (Å²) in [6.45, 7) is 15.5. The topological polar surface area (TPSA) is 227 Å². The van der Waals surface area contributed by atoms with E-state index in [4.69, 9.17) is 29.1 Å². The van der Waals surface area contributed by atoms with Gasteiger partial charge < -0.3 is 29.1 Å². The second-order valence-electron chi connectivity index (χ2n) is 14.5. The Kier molecular flexibility index (Phi) is 25.8. The van der Waals surface area contributed by atoms with E-state index in [1.807, 2.05) is 34.8 Å². The molecule has 16 nitrogen and oxygen atoms in total. The molecule has 0 aromatic heterocycles. The third-order valence-electron chi connectivity index (χ3n) is 7.85. The number of nitro groups is 1. The number of ketones is 2. The zero-order valence-electron chi connectivity index (χ0n) is 34.4. The van der Waals surface area contributed by atoms with E-state index in [1.165, 1.54) is 24.6 Å². The molecule has 63 heavy (non-hydrogen) atoms. The summed E-state index contributed by atoms with van der Waals surface area (Å²) in [7, 11) is -14.9. The van der Waals surface area contributed by atoms with Gasteiger partial charge in [-0.2, -0.15) is 43.2 Å². The molecule has 2 heterocycles. The maximum atomic E-state index is 11.4. The van der Waals surface area contributed by atoms with Gasteiger partial charge in [0.15, 0.2) is 19.9 Å². The van der Waals surface area contributed by atoms with Gasteiger partial charge in [-0.3, -0.25) is 19.7 Å². The highest BCUT2D eigenvalue weighted by molar-refractivity contribution is 8.00. The van der Waals surface area contributed by atoms with Crippen LogP contribution in [0.1, 0.15) is 78.9 Å². The Morgan fingerprint density at radius 2 is 1.24 bits per heavy atom. The van der Waals surface area contributed by atoms with Crippen molar-refractivity contribution < 1.29 is 84.7 Å². The fraction of sp³-hybridized carbons (Fsp3) is 0.632. The number of Topliss-reactive ketones (excluding diaryl/α,β-unsaturated/α-hetero) is 2. The van der Waals surface area contributed by atoms with Crippen molar-refractivity contribution in [2.75, 3.05) is 38.8 Å². The van der Waals surface area contributed by atoms with E-state index in [1.54, 1.807) is 12.1 Å². The van der Waals surface area contributed by atoms with Gasteiger partial charge in [0.2, 0.25) is 0 Å². The standard InChI is InChI=1S/C16H23NO4.C12H13NO4.C6H16OSi.C2F6O5S2.2CH4/c1-15(18-8-9-19-15)12-16(20-10-11-21-16)7-6-13-2-4-14(17)5-3-13;1-9(14)8-12(15)7-4-10-2-5-11(6-3-10)13(16)17;1-5-6-7-8(2,3)4;3-1(4,5)14(9,10)13-15(11,12)2(6,7)8;;/h2-5H,6-12,17H2,1H3;2-3,5-6H,4,7-8H2,1H3;5-6H2,1-4H3;;2*1H4. The predicted octanol–water partition coefficient (Wildman–Crippen LogP) is 8.40. The molecule has 0 unspecified atom stereocenters. The molecule has 2 aromatic rings. The van der Waals surface area contributed by atoms with Crippen molar-refractivity contribution in [1.29, 1.82) is 0 Å². The van der Waals surface area contributed by atoms with E-state index in [9.17, 15) is 62.9 Å². The lowest BCUT2D eigenvalue weighted by Crippen LogP contribution is -2.41. The first kappa shape index (κ1) is 61.5. The van der Waals surface area contributed by atoms with Crippen molar-refractivity contribution in [3.05, 3.63) is 69.8 Å². The van der Waals surface area contributed by atoms with E-state index in [0.717, 1.165) is 37.1 Å². The van der Waals surface area contributed by atoms with Gasteiger partial charge in [-0.25, -0.2) is 0 Å². The predicted molar refractivity (Wildman–Crippen MR) is 225 cm³/mol. The Bertz CT molecular complexity index is 1870. The lowest BCUT2D eigenvalue weighted by atomic mass is 9.98. The van der Waals surface area contributed by atoms with Crippen molar-refractivity contribution in [3.8, 4) is 0 Å². The third kappa shape index (κ3) is 23.8. The molecule has 2 aliphatic rings. The highest BCUT2D eigenvalue weighted by Gasteiger charge is 2.57. The first-order chi connectivity index (χ1) is 27.8. The van der Waals surface area contributed by atoms with Gasteiger partial charge in [0.1, 0.15) is 11.6 Å². The molecule has 2 aliphatic heterocycles. The quantitative estimate of drug-likeness (QED) is 0.0317. The SMILES string of the molecule is C.C.CC(=O)CC(=O)CCc1ccc([N+](=O)[O-])cc1.CC1(CC2(CCc3ccc(N)cc3)OCCO2)OCCO1.CCCO[Si](C)(C)C.O=S(=O)(OS(=O)(=O)C(F)(F)F)C(F)(F)F. The van der Waals surface area contributed by atoms with Crippen LogP contribution in [0.15, 0.2) is 48.5 Å². The van der Waals surface area contributed by atoms with Crippen molar-refractivity contribution >= 4 is 51.5 Å². The Morgan fingerprint density at radius 1 is 0.810 bits per heavy atom.